The first-order valence-electron chi connectivity index (χ1n) is 5.98. The van der Waals surface area contributed by atoms with Gasteiger partial charge in [0.15, 0.2) is 11.5 Å². The Labute approximate surface area is 126 Å². The summed E-state index contributed by atoms with van der Waals surface area (Å²) in [6.07, 6.45) is 2.68. The number of ether oxygens (including phenoxy) is 2. The van der Waals surface area contributed by atoms with E-state index < -0.39 is 5.97 Å². The van der Waals surface area contributed by atoms with E-state index in [0.717, 1.165) is 15.2 Å². The molecule has 0 aromatic heterocycles. The van der Waals surface area contributed by atoms with E-state index in [-0.39, 0.29) is 6.10 Å². The first-order chi connectivity index (χ1) is 8.93. The standard InChI is InChI=1S/C14H17IO4/c1-4-18-12-8-10(5-6-13(16)17)7-11(15)14(12)19-9(2)3/h5-9H,4H2,1-3H3,(H,16,17). The van der Waals surface area contributed by atoms with E-state index in [1.54, 1.807) is 6.07 Å². The molecule has 0 bridgehead atoms. The number of carbonyl (C=O) groups is 1. The van der Waals surface area contributed by atoms with Crippen molar-refractivity contribution in [2.75, 3.05) is 6.61 Å². The van der Waals surface area contributed by atoms with Gasteiger partial charge in [0.2, 0.25) is 0 Å². The molecular weight excluding hydrogens is 359 g/mol. The maximum atomic E-state index is 10.5. The minimum Gasteiger partial charge on any atom is -0.490 e. The highest BCUT2D eigenvalue weighted by Crippen LogP contribution is 2.35. The van der Waals surface area contributed by atoms with E-state index in [2.05, 4.69) is 22.6 Å². The second-order valence-electron chi connectivity index (χ2n) is 4.10. The second kappa shape index (κ2) is 7.37. The van der Waals surface area contributed by atoms with Crippen LogP contribution in [0.15, 0.2) is 18.2 Å². The van der Waals surface area contributed by atoms with Crippen LogP contribution >= 0.6 is 22.6 Å². The molecule has 104 valence electrons. The molecule has 0 aliphatic heterocycles. The van der Waals surface area contributed by atoms with Crippen molar-refractivity contribution in [2.24, 2.45) is 0 Å². The van der Waals surface area contributed by atoms with Gasteiger partial charge >= 0.3 is 5.97 Å². The van der Waals surface area contributed by atoms with Gasteiger partial charge in [-0.1, -0.05) is 0 Å². The lowest BCUT2D eigenvalue weighted by Crippen LogP contribution is -2.09. The second-order valence-corrected chi connectivity index (χ2v) is 5.26. The van der Waals surface area contributed by atoms with E-state index in [1.165, 1.54) is 6.08 Å². The van der Waals surface area contributed by atoms with Crippen LogP contribution in [0.1, 0.15) is 26.3 Å². The highest BCUT2D eigenvalue weighted by Gasteiger charge is 2.12. The minimum atomic E-state index is -0.976. The molecule has 0 fully saturated rings. The van der Waals surface area contributed by atoms with Gasteiger partial charge in [-0.2, -0.15) is 0 Å². The van der Waals surface area contributed by atoms with Crippen molar-refractivity contribution in [3.05, 3.63) is 27.3 Å². The van der Waals surface area contributed by atoms with Gasteiger partial charge < -0.3 is 14.6 Å². The summed E-state index contributed by atoms with van der Waals surface area (Å²) in [7, 11) is 0. The minimum absolute atomic E-state index is 0.0492. The molecule has 0 heterocycles. The summed E-state index contributed by atoms with van der Waals surface area (Å²) in [4.78, 5) is 10.5. The third-order valence-corrected chi connectivity index (χ3v) is 2.90. The lowest BCUT2D eigenvalue weighted by atomic mass is 10.2. The molecule has 0 amide bonds. The molecule has 0 radical (unpaired) electrons. The number of benzene rings is 1. The maximum Gasteiger partial charge on any atom is 0.328 e. The predicted molar refractivity (Wildman–Crippen MR) is 82.8 cm³/mol. The zero-order valence-corrected chi connectivity index (χ0v) is 13.3. The van der Waals surface area contributed by atoms with E-state index in [9.17, 15) is 4.79 Å². The first-order valence-corrected chi connectivity index (χ1v) is 7.06. The number of hydrogen-bond donors (Lipinski definition) is 1. The molecular formula is C14H17IO4. The van der Waals surface area contributed by atoms with Crippen LogP contribution in [0.4, 0.5) is 0 Å². The molecule has 0 saturated heterocycles. The number of rotatable bonds is 6. The normalized spacial score (nSPS) is 11.0. The zero-order valence-electron chi connectivity index (χ0n) is 11.1. The Bertz CT molecular complexity index is 481. The molecule has 4 nitrogen and oxygen atoms in total. The molecule has 1 rings (SSSR count). The molecule has 1 aromatic rings. The van der Waals surface area contributed by atoms with Crippen molar-refractivity contribution in [1.82, 2.24) is 0 Å². The summed E-state index contributed by atoms with van der Waals surface area (Å²) >= 11 is 2.16. The SMILES string of the molecule is CCOc1cc(C=CC(=O)O)cc(I)c1OC(C)C. The molecule has 5 heteroatoms. The van der Waals surface area contributed by atoms with Crippen LogP contribution in [0, 0.1) is 3.57 Å². The van der Waals surface area contributed by atoms with Gasteiger partial charge in [0.25, 0.3) is 0 Å². The average Bonchev–Trinajstić information content (AvgIpc) is 2.31. The summed E-state index contributed by atoms with van der Waals surface area (Å²) in [5.74, 6) is 0.355. The van der Waals surface area contributed by atoms with Crippen LogP contribution in [0.25, 0.3) is 6.08 Å². The molecule has 0 aliphatic rings. The fraction of sp³-hybridized carbons (Fsp3) is 0.357. The topological polar surface area (TPSA) is 55.8 Å². The summed E-state index contributed by atoms with van der Waals surface area (Å²) in [6, 6.07) is 3.64. The lowest BCUT2D eigenvalue weighted by Gasteiger charge is -2.16. The Hall–Kier alpha value is -1.24. The summed E-state index contributed by atoms with van der Waals surface area (Å²) in [5, 5.41) is 8.65. The summed E-state index contributed by atoms with van der Waals surface area (Å²) in [5.41, 5.74) is 0.770. The van der Waals surface area contributed by atoms with Crippen molar-refractivity contribution >= 4 is 34.6 Å². The Morgan fingerprint density at radius 1 is 1.47 bits per heavy atom. The van der Waals surface area contributed by atoms with Gasteiger partial charge in [-0.25, -0.2) is 4.79 Å². The third kappa shape index (κ3) is 5.10. The molecule has 1 aromatic carbocycles. The fourth-order valence-corrected chi connectivity index (χ4v) is 2.22. The fourth-order valence-electron chi connectivity index (χ4n) is 1.46. The molecule has 0 saturated carbocycles. The maximum absolute atomic E-state index is 10.5. The highest BCUT2D eigenvalue weighted by atomic mass is 127. The molecule has 0 aliphatic carbocycles. The Morgan fingerprint density at radius 2 is 2.16 bits per heavy atom. The van der Waals surface area contributed by atoms with E-state index in [0.29, 0.717) is 18.1 Å². The first kappa shape index (κ1) is 15.8. The van der Waals surface area contributed by atoms with Gasteiger partial charge in [-0.3, -0.25) is 0 Å². The average molecular weight is 376 g/mol. The number of carboxylic acid groups (broad SMARTS) is 1. The van der Waals surface area contributed by atoms with Gasteiger partial charge in [0.05, 0.1) is 16.3 Å². The van der Waals surface area contributed by atoms with Crippen LogP contribution in [-0.4, -0.2) is 23.8 Å². The number of halogens is 1. The number of aliphatic carboxylic acids is 1. The Morgan fingerprint density at radius 3 is 2.68 bits per heavy atom. The van der Waals surface area contributed by atoms with Crippen LogP contribution in [-0.2, 0) is 4.79 Å². The van der Waals surface area contributed by atoms with Gasteiger partial charge in [-0.15, -0.1) is 0 Å². The van der Waals surface area contributed by atoms with Crippen molar-refractivity contribution in [3.63, 3.8) is 0 Å². The molecule has 0 spiro atoms. The molecule has 19 heavy (non-hydrogen) atoms. The lowest BCUT2D eigenvalue weighted by molar-refractivity contribution is -0.131. The van der Waals surface area contributed by atoms with E-state index in [4.69, 9.17) is 14.6 Å². The molecule has 1 N–H and O–H groups in total. The van der Waals surface area contributed by atoms with Crippen LogP contribution in [0.5, 0.6) is 11.5 Å². The van der Waals surface area contributed by atoms with Crippen LogP contribution < -0.4 is 9.47 Å². The summed E-state index contributed by atoms with van der Waals surface area (Å²) < 4.78 is 12.2. The Balaban J connectivity index is 3.16. The number of carboxylic acids is 1. The quantitative estimate of drug-likeness (QED) is 0.609. The van der Waals surface area contributed by atoms with Gasteiger partial charge in [0, 0.05) is 6.08 Å². The largest absolute Gasteiger partial charge is 0.490 e. The zero-order chi connectivity index (χ0) is 14.4. The van der Waals surface area contributed by atoms with Crippen LogP contribution in [0.2, 0.25) is 0 Å². The monoisotopic (exact) mass is 376 g/mol. The molecule has 0 unspecified atom stereocenters. The van der Waals surface area contributed by atoms with Crippen molar-refractivity contribution in [3.8, 4) is 11.5 Å². The predicted octanol–water partition coefficient (Wildman–Crippen LogP) is 3.57. The number of hydrogen-bond acceptors (Lipinski definition) is 3. The summed E-state index contributed by atoms with van der Waals surface area (Å²) in [6.45, 7) is 6.32. The molecule has 0 atom stereocenters. The van der Waals surface area contributed by atoms with Crippen molar-refractivity contribution < 1.29 is 19.4 Å². The van der Waals surface area contributed by atoms with Gasteiger partial charge in [-0.05, 0) is 67.1 Å². The van der Waals surface area contributed by atoms with E-state index in [1.807, 2.05) is 26.8 Å². The van der Waals surface area contributed by atoms with Crippen molar-refractivity contribution in [1.29, 1.82) is 0 Å². The van der Waals surface area contributed by atoms with Crippen LogP contribution in [0.3, 0.4) is 0 Å². The van der Waals surface area contributed by atoms with Crippen molar-refractivity contribution in [2.45, 2.75) is 26.9 Å². The van der Waals surface area contributed by atoms with Gasteiger partial charge in [0.1, 0.15) is 0 Å². The highest BCUT2D eigenvalue weighted by molar-refractivity contribution is 14.1. The van der Waals surface area contributed by atoms with E-state index >= 15 is 0 Å². The third-order valence-electron chi connectivity index (χ3n) is 2.10. The Kier molecular flexibility index (Phi) is 6.14. The smallest absolute Gasteiger partial charge is 0.328 e.